The number of rotatable bonds is 52. The maximum Gasteiger partial charge on any atom is 0.407 e. The van der Waals surface area contributed by atoms with E-state index in [1.54, 1.807) is 0 Å². The molecule has 16 heteroatoms. The van der Waals surface area contributed by atoms with Crippen LogP contribution in [0.3, 0.4) is 0 Å². The van der Waals surface area contributed by atoms with Crippen molar-refractivity contribution in [1.82, 2.24) is 5.32 Å². The first-order valence-corrected chi connectivity index (χ1v) is 24.2. The van der Waals surface area contributed by atoms with Crippen LogP contribution in [0.25, 0.3) is 0 Å². The number of alkyl carbamates (subject to hydrolysis) is 1. The first-order valence-electron chi connectivity index (χ1n) is 24.2. The Labute approximate surface area is 385 Å². The van der Waals surface area contributed by atoms with E-state index in [0.29, 0.717) is 158 Å². The van der Waals surface area contributed by atoms with Crippen molar-refractivity contribution in [2.75, 3.05) is 159 Å². The molecule has 0 saturated carbocycles. The van der Waals surface area contributed by atoms with E-state index in [2.05, 4.69) is 12.2 Å². The molecule has 0 spiro atoms. The molecule has 1 aromatic carbocycles. The van der Waals surface area contributed by atoms with E-state index in [0.717, 1.165) is 18.4 Å². The second kappa shape index (κ2) is 51.5. The molecule has 0 bridgehead atoms. The number of hydrogen-bond acceptors (Lipinski definition) is 15. The highest BCUT2D eigenvalue weighted by Crippen LogP contribution is 2.13. The van der Waals surface area contributed by atoms with Crippen LogP contribution >= 0.6 is 0 Å². The van der Waals surface area contributed by atoms with Crippen molar-refractivity contribution in [2.24, 2.45) is 0 Å². The number of amides is 1. The molecule has 1 aromatic rings. The quantitative estimate of drug-likeness (QED) is 0.0518. The number of carbonyl (C=O) groups excluding carboxylic acids is 2. The molecule has 374 valence electrons. The molecule has 0 fully saturated rings. The highest BCUT2D eigenvalue weighted by atomic mass is 16.6. The van der Waals surface area contributed by atoms with Crippen LogP contribution in [0.1, 0.15) is 102 Å². The van der Waals surface area contributed by atoms with Gasteiger partial charge in [0.25, 0.3) is 0 Å². The second-order valence-corrected chi connectivity index (χ2v) is 14.9. The molecule has 0 radical (unpaired) electrons. The summed E-state index contributed by atoms with van der Waals surface area (Å²) >= 11 is 0. The van der Waals surface area contributed by atoms with E-state index in [4.69, 9.17) is 61.6 Å². The van der Waals surface area contributed by atoms with Gasteiger partial charge < -0.3 is 66.9 Å². The zero-order valence-corrected chi connectivity index (χ0v) is 39.6. The molecule has 0 aliphatic carbocycles. The predicted octanol–water partition coefficient (Wildman–Crippen LogP) is 7.12. The Bertz CT molecular complexity index is 1090. The molecule has 0 aliphatic rings. The van der Waals surface area contributed by atoms with Gasteiger partial charge in [0.2, 0.25) is 0 Å². The van der Waals surface area contributed by atoms with Gasteiger partial charge in [-0.3, -0.25) is 4.79 Å². The number of carbonyl (C=O) groups is 2. The first-order chi connectivity index (χ1) is 31.7. The van der Waals surface area contributed by atoms with Crippen molar-refractivity contribution >= 4 is 12.1 Å². The van der Waals surface area contributed by atoms with Crippen LogP contribution in [-0.2, 0) is 73.0 Å². The predicted molar refractivity (Wildman–Crippen MR) is 245 cm³/mol. The minimum Gasteiger partial charge on any atom is -0.463 e. The van der Waals surface area contributed by atoms with Gasteiger partial charge in [0, 0.05) is 13.0 Å². The summed E-state index contributed by atoms with van der Waals surface area (Å²) < 4.78 is 70.8. The van der Waals surface area contributed by atoms with E-state index in [-0.39, 0.29) is 19.2 Å². The topological polar surface area (TPSA) is 166 Å². The molecule has 1 amide bonds. The number of nitrogens with one attached hydrogen (secondary N) is 1. The van der Waals surface area contributed by atoms with Gasteiger partial charge in [-0.15, -0.1) is 0 Å². The summed E-state index contributed by atoms with van der Waals surface area (Å²) in [6, 6.07) is 9.51. The van der Waals surface area contributed by atoms with E-state index in [1.165, 1.54) is 70.6 Å². The second-order valence-electron chi connectivity index (χ2n) is 14.9. The van der Waals surface area contributed by atoms with Crippen LogP contribution in [0, 0.1) is 0 Å². The zero-order chi connectivity index (χ0) is 45.7. The number of benzene rings is 1. The molecular weight excluding hydrogens is 831 g/mol. The van der Waals surface area contributed by atoms with E-state index in [9.17, 15) is 9.59 Å². The molecule has 1 N–H and O–H groups in total. The maximum absolute atomic E-state index is 11.9. The van der Waals surface area contributed by atoms with Crippen LogP contribution in [0.5, 0.6) is 0 Å². The smallest absolute Gasteiger partial charge is 0.407 e. The van der Waals surface area contributed by atoms with Gasteiger partial charge in [-0.1, -0.05) is 114 Å². The van der Waals surface area contributed by atoms with Crippen molar-refractivity contribution in [1.29, 1.82) is 0 Å². The minimum absolute atomic E-state index is 0.137. The van der Waals surface area contributed by atoms with Crippen molar-refractivity contribution in [3.05, 3.63) is 35.9 Å². The maximum atomic E-state index is 11.9. The van der Waals surface area contributed by atoms with E-state index >= 15 is 0 Å². The van der Waals surface area contributed by atoms with E-state index in [1.807, 2.05) is 30.3 Å². The molecule has 64 heavy (non-hydrogen) atoms. The Hall–Kier alpha value is -2.48. The lowest BCUT2D eigenvalue weighted by atomic mass is 10.0. The summed E-state index contributed by atoms with van der Waals surface area (Å²) in [5.41, 5.74) is 0.935. The molecule has 0 saturated heterocycles. The van der Waals surface area contributed by atoms with Crippen molar-refractivity contribution in [2.45, 2.75) is 103 Å². The third kappa shape index (κ3) is 47.5. The normalized spacial score (nSPS) is 11.3. The van der Waals surface area contributed by atoms with Gasteiger partial charge in [0.05, 0.1) is 145 Å². The average molecular weight is 918 g/mol. The summed E-state index contributed by atoms with van der Waals surface area (Å²) in [4.78, 5) is 23.6. The van der Waals surface area contributed by atoms with Crippen molar-refractivity contribution in [3.8, 4) is 0 Å². The van der Waals surface area contributed by atoms with Gasteiger partial charge in [0.15, 0.2) is 0 Å². The summed E-state index contributed by atoms with van der Waals surface area (Å²) in [6.45, 7) is 13.4. The molecule has 16 nitrogen and oxygen atoms in total. The van der Waals surface area contributed by atoms with Gasteiger partial charge >= 0.3 is 12.1 Å². The van der Waals surface area contributed by atoms with Gasteiger partial charge in [-0.05, 0) is 12.0 Å². The number of esters is 1. The highest BCUT2D eigenvalue weighted by Gasteiger charge is 2.04. The third-order valence-corrected chi connectivity index (χ3v) is 9.42. The Morgan fingerprint density at radius 1 is 0.375 bits per heavy atom. The first kappa shape index (κ1) is 59.5. The zero-order valence-electron chi connectivity index (χ0n) is 39.6. The summed E-state index contributed by atoms with van der Waals surface area (Å²) in [6.07, 6.45) is 16.8. The lowest BCUT2D eigenvalue weighted by molar-refractivity contribution is -0.145. The summed E-state index contributed by atoms with van der Waals surface area (Å²) in [5, 5.41) is 2.65. The summed E-state index contributed by atoms with van der Waals surface area (Å²) in [7, 11) is 0. The van der Waals surface area contributed by atoms with Crippen LogP contribution in [0.2, 0.25) is 0 Å². The lowest BCUT2D eigenvalue weighted by Gasteiger charge is -2.09. The molecule has 0 aromatic heterocycles. The highest BCUT2D eigenvalue weighted by molar-refractivity contribution is 5.69. The molecule has 0 atom stereocenters. The molecule has 0 aliphatic heterocycles. The number of unbranched alkanes of at least 4 members (excludes halogenated alkanes) is 12. The van der Waals surface area contributed by atoms with Crippen molar-refractivity contribution < 1.29 is 71.2 Å². The average Bonchev–Trinajstić information content (AvgIpc) is 3.31. The summed E-state index contributed by atoms with van der Waals surface area (Å²) in [5.74, 6) is -0.137. The number of hydrogen-bond donors (Lipinski definition) is 1. The molecular formula is C48H87NO15. The number of ether oxygens (including phenoxy) is 13. The Balaban J connectivity index is 1.63. The fourth-order valence-corrected chi connectivity index (χ4v) is 5.87. The third-order valence-electron chi connectivity index (χ3n) is 9.42. The van der Waals surface area contributed by atoms with Gasteiger partial charge in [-0.25, -0.2) is 4.79 Å². The van der Waals surface area contributed by atoms with Crippen LogP contribution in [-0.4, -0.2) is 171 Å². The van der Waals surface area contributed by atoms with Crippen LogP contribution in [0.15, 0.2) is 30.3 Å². The monoisotopic (exact) mass is 918 g/mol. The fraction of sp³-hybridized carbons (Fsp3) is 0.833. The Morgan fingerprint density at radius 3 is 1.05 bits per heavy atom. The molecule has 0 heterocycles. The largest absolute Gasteiger partial charge is 0.463 e. The van der Waals surface area contributed by atoms with Crippen molar-refractivity contribution in [3.63, 3.8) is 0 Å². The molecule has 0 unspecified atom stereocenters. The van der Waals surface area contributed by atoms with Crippen LogP contribution < -0.4 is 5.32 Å². The van der Waals surface area contributed by atoms with Crippen LogP contribution in [0.4, 0.5) is 4.79 Å². The Kier molecular flexibility index (Phi) is 47.9. The Morgan fingerprint density at radius 2 is 0.688 bits per heavy atom. The van der Waals surface area contributed by atoms with E-state index < -0.39 is 6.09 Å². The fourth-order valence-electron chi connectivity index (χ4n) is 5.87. The minimum atomic E-state index is -0.472. The SMILES string of the molecule is CCCCCCCCCCCCCCCC(=O)OCCOCCOCCOCCOCCOCCOCCOCCOCCOCCOCCOCCNC(=O)OCc1ccccc1. The standard InChI is InChI=1S/C48H87NO15/c1-2-3-4-5-6-7-8-9-10-11-12-13-17-20-47(50)63-44-43-62-42-41-61-40-39-60-38-37-59-36-35-58-34-33-57-32-31-56-30-29-55-28-27-54-26-25-53-24-23-52-22-21-49-48(51)64-45-46-18-15-14-16-19-46/h14-16,18-19H,2-13,17,20-45H2,1H3,(H,49,51). The molecule has 1 rings (SSSR count). The van der Waals surface area contributed by atoms with Gasteiger partial charge in [-0.2, -0.15) is 0 Å². The van der Waals surface area contributed by atoms with Gasteiger partial charge in [0.1, 0.15) is 13.2 Å². The lowest BCUT2D eigenvalue weighted by Crippen LogP contribution is -2.28.